The van der Waals surface area contributed by atoms with Crippen molar-refractivity contribution in [3.63, 3.8) is 0 Å². The van der Waals surface area contributed by atoms with Crippen molar-refractivity contribution in [1.29, 1.82) is 0 Å². The average Bonchev–Trinajstić information content (AvgIpc) is 2.72. The summed E-state index contributed by atoms with van der Waals surface area (Å²) in [5, 5.41) is 9.90. The van der Waals surface area contributed by atoms with Crippen molar-refractivity contribution in [2.24, 2.45) is 5.41 Å². The monoisotopic (exact) mass is 460 g/mol. The first-order valence-electron chi connectivity index (χ1n) is 11.5. The Labute approximate surface area is 194 Å². The van der Waals surface area contributed by atoms with Gasteiger partial charge in [-0.3, -0.25) is 9.59 Å². The van der Waals surface area contributed by atoms with E-state index in [4.69, 9.17) is 14.2 Å². The Kier molecular flexibility index (Phi) is 8.43. The maximum absolute atomic E-state index is 13.6. The summed E-state index contributed by atoms with van der Waals surface area (Å²) in [6.45, 7) is 6.61. The highest BCUT2D eigenvalue weighted by molar-refractivity contribution is 5.74. The number of cyclic esters (lactones) is 1. The lowest BCUT2D eigenvalue weighted by atomic mass is 9.69. The third-order valence-electron chi connectivity index (χ3n) is 6.05. The molecular weight excluding hydrogens is 427 g/mol. The van der Waals surface area contributed by atoms with Gasteiger partial charge in [-0.1, -0.05) is 32.1 Å². The van der Waals surface area contributed by atoms with Crippen LogP contribution in [0.2, 0.25) is 0 Å². The zero-order valence-electron chi connectivity index (χ0n) is 19.5. The number of carbonyl (C=O) groups excluding carboxylic acids is 2. The number of hydrogen-bond donors (Lipinski definition) is 1. The molecule has 1 unspecified atom stereocenters. The van der Waals surface area contributed by atoms with E-state index >= 15 is 0 Å². The third kappa shape index (κ3) is 6.98. The van der Waals surface area contributed by atoms with E-state index in [9.17, 15) is 19.1 Å². The van der Waals surface area contributed by atoms with E-state index in [2.05, 4.69) is 13.8 Å². The van der Waals surface area contributed by atoms with Crippen LogP contribution < -0.4 is 0 Å². The Morgan fingerprint density at radius 3 is 2.67 bits per heavy atom. The van der Waals surface area contributed by atoms with Gasteiger partial charge in [0.2, 0.25) is 0 Å². The maximum Gasteiger partial charge on any atom is 0.309 e. The Morgan fingerprint density at radius 1 is 1.27 bits per heavy atom. The minimum atomic E-state index is -0.706. The summed E-state index contributed by atoms with van der Waals surface area (Å²) in [7, 11) is 0. The highest BCUT2D eigenvalue weighted by atomic mass is 19.1. The smallest absolute Gasteiger partial charge is 0.309 e. The van der Waals surface area contributed by atoms with Gasteiger partial charge >= 0.3 is 11.9 Å². The molecule has 6 nitrogen and oxygen atoms in total. The maximum atomic E-state index is 13.6. The summed E-state index contributed by atoms with van der Waals surface area (Å²) < 4.78 is 30.0. The largest absolute Gasteiger partial charge is 0.466 e. The summed E-state index contributed by atoms with van der Waals surface area (Å²) in [6, 6.07) is 6.36. The lowest BCUT2D eigenvalue weighted by molar-refractivity contribution is -0.156. The summed E-state index contributed by atoms with van der Waals surface area (Å²) >= 11 is 0. The molecule has 1 aromatic rings. The molecule has 1 aliphatic heterocycles. The van der Waals surface area contributed by atoms with Gasteiger partial charge in [0.1, 0.15) is 11.9 Å². The first-order valence-corrected chi connectivity index (χ1v) is 11.5. The Bertz CT molecular complexity index is 902. The second-order valence-electron chi connectivity index (χ2n) is 9.22. The first-order chi connectivity index (χ1) is 15.7. The van der Waals surface area contributed by atoms with E-state index in [0.717, 1.165) is 23.1 Å². The van der Waals surface area contributed by atoms with Crippen LogP contribution in [0.3, 0.4) is 0 Å². The molecule has 2 aliphatic rings. The fourth-order valence-electron chi connectivity index (χ4n) is 4.54. The molecule has 0 radical (unpaired) electrons. The van der Waals surface area contributed by atoms with Crippen LogP contribution in [0, 0.1) is 11.2 Å². The third-order valence-corrected chi connectivity index (χ3v) is 6.05. The van der Waals surface area contributed by atoms with E-state index in [1.54, 1.807) is 19.1 Å². The van der Waals surface area contributed by atoms with Crippen LogP contribution >= 0.6 is 0 Å². The van der Waals surface area contributed by atoms with Crippen molar-refractivity contribution in [3.8, 4) is 0 Å². The van der Waals surface area contributed by atoms with Crippen molar-refractivity contribution in [2.75, 3.05) is 13.2 Å². The van der Waals surface area contributed by atoms with Crippen LogP contribution in [-0.2, 0) is 23.8 Å². The highest BCUT2D eigenvalue weighted by Crippen LogP contribution is 2.45. The van der Waals surface area contributed by atoms with E-state index in [0.29, 0.717) is 19.4 Å². The van der Waals surface area contributed by atoms with Crippen molar-refractivity contribution in [3.05, 3.63) is 53.4 Å². The molecule has 1 aliphatic carbocycles. The number of aliphatic hydroxyl groups is 1. The van der Waals surface area contributed by atoms with Gasteiger partial charge in [0, 0.05) is 6.42 Å². The number of carbonyl (C=O) groups is 2. The van der Waals surface area contributed by atoms with Gasteiger partial charge in [0.25, 0.3) is 0 Å². The van der Waals surface area contributed by atoms with Gasteiger partial charge in [-0.15, -0.1) is 0 Å². The quantitative estimate of drug-likeness (QED) is 0.581. The predicted molar refractivity (Wildman–Crippen MR) is 122 cm³/mol. The summed E-state index contributed by atoms with van der Waals surface area (Å²) in [6.07, 6.45) is 4.39. The van der Waals surface area contributed by atoms with Crippen molar-refractivity contribution >= 4 is 17.5 Å². The minimum Gasteiger partial charge on any atom is -0.466 e. The number of allylic oxidation sites excluding steroid dienone is 2. The molecule has 3 atom stereocenters. The molecule has 1 aromatic carbocycles. The molecule has 180 valence electrons. The van der Waals surface area contributed by atoms with Gasteiger partial charge in [0.15, 0.2) is 0 Å². The van der Waals surface area contributed by atoms with E-state index in [-0.39, 0.29) is 42.8 Å². The van der Waals surface area contributed by atoms with Crippen LogP contribution in [0.1, 0.15) is 58.4 Å². The van der Waals surface area contributed by atoms with Crippen LogP contribution in [0.25, 0.3) is 5.57 Å². The van der Waals surface area contributed by atoms with Gasteiger partial charge < -0.3 is 19.3 Å². The molecule has 1 heterocycles. The topological polar surface area (TPSA) is 82.1 Å². The van der Waals surface area contributed by atoms with E-state index < -0.39 is 18.2 Å². The zero-order valence-corrected chi connectivity index (χ0v) is 19.5. The van der Waals surface area contributed by atoms with Gasteiger partial charge in [-0.25, -0.2) is 4.39 Å². The molecule has 0 saturated carbocycles. The fourth-order valence-corrected chi connectivity index (χ4v) is 4.54. The summed E-state index contributed by atoms with van der Waals surface area (Å²) in [4.78, 5) is 23.4. The molecule has 0 bridgehead atoms. The van der Waals surface area contributed by atoms with E-state index in [1.807, 2.05) is 12.2 Å². The molecule has 1 N–H and O–H groups in total. The standard InChI is InChI=1S/C26H33FO6/c1-4-31-24(29)11-12-32-21-15-22(17-5-7-18(27)8-6-17)23(26(2,3)16-21)10-9-20-13-19(28)14-25(30)33-20/h5-10,19-21,28H,4,11-16H2,1-3H3/t19-,20-,21?/m1/s1. The molecule has 7 heteroatoms. The normalized spacial score (nSPS) is 25.2. The number of aliphatic hydroxyl groups excluding tert-OH is 1. The Hall–Kier alpha value is -2.51. The summed E-state index contributed by atoms with van der Waals surface area (Å²) in [5.41, 5.74) is 2.68. The molecule has 0 spiro atoms. The SMILES string of the molecule is CCOC(=O)CCOC1CC(c2ccc(F)cc2)=C(C=C[C@@H]2C[C@@H](O)CC(=O)O2)C(C)(C)C1. The van der Waals surface area contributed by atoms with E-state index in [1.165, 1.54) is 12.1 Å². The molecule has 33 heavy (non-hydrogen) atoms. The van der Waals surface area contributed by atoms with Crippen LogP contribution in [0.5, 0.6) is 0 Å². The predicted octanol–water partition coefficient (Wildman–Crippen LogP) is 4.36. The second-order valence-corrected chi connectivity index (χ2v) is 9.22. The average molecular weight is 461 g/mol. The van der Waals surface area contributed by atoms with Crippen LogP contribution in [0.4, 0.5) is 4.39 Å². The number of ether oxygens (including phenoxy) is 3. The summed E-state index contributed by atoms with van der Waals surface area (Å²) in [5.74, 6) is -0.999. The molecule has 0 aromatic heterocycles. The Balaban J connectivity index is 1.85. The number of hydrogen-bond acceptors (Lipinski definition) is 6. The number of halogens is 1. The molecular formula is C26H33FO6. The van der Waals surface area contributed by atoms with Crippen molar-refractivity contribution in [2.45, 2.75) is 71.2 Å². The number of rotatable bonds is 8. The lowest BCUT2D eigenvalue weighted by Gasteiger charge is -2.39. The minimum absolute atomic E-state index is 0.0180. The van der Waals surface area contributed by atoms with Crippen LogP contribution in [0.15, 0.2) is 42.0 Å². The Morgan fingerprint density at radius 2 is 2.00 bits per heavy atom. The number of esters is 2. The lowest BCUT2D eigenvalue weighted by Crippen LogP contribution is -2.32. The van der Waals surface area contributed by atoms with Crippen LogP contribution in [-0.4, -0.2) is 48.6 Å². The number of benzene rings is 1. The molecule has 1 saturated heterocycles. The molecule has 0 amide bonds. The first kappa shape index (κ1) is 25.1. The van der Waals surface area contributed by atoms with Gasteiger partial charge in [-0.2, -0.15) is 0 Å². The fraction of sp³-hybridized carbons (Fsp3) is 0.538. The zero-order chi connectivity index (χ0) is 24.0. The molecule has 3 rings (SSSR count). The van der Waals surface area contributed by atoms with Gasteiger partial charge in [-0.05, 0) is 60.1 Å². The highest BCUT2D eigenvalue weighted by Gasteiger charge is 2.35. The van der Waals surface area contributed by atoms with Crippen molar-refractivity contribution in [1.82, 2.24) is 0 Å². The molecule has 1 fully saturated rings. The van der Waals surface area contributed by atoms with Crippen molar-refractivity contribution < 1.29 is 33.3 Å². The van der Waals surface area contributed by atoms with Gasteiger partial charge in [0.05, 0.1) is 38.3 Å². The second kappa shape index (κ2) is 11.1.